The molecule has 0 aliphatic heterocycles. The predicted molar refractivity (Wildman–Crippen MR) is 62.0 cm³/mol. The summed E-state index contributed by atoms with van der Waals surface area (Å²) in [5.41, 5.74) is -0.808. The summed E-state index contributed by atoms with van der Waals surface area (Å²) < 4.78 is 23.1. The number of hydrogen-bond donors (Lipinski definition) is 3. The molecule has 1 aliphatic rings. The zero-order valence-electron chi connectivity index (χ0n) is 9.81. The third-order valence-electron chi connectivity index (χ3n) is 3.23. The number of rotatable bonds is 5. The smallest absolute Gasteiger partial charge is 0.151 e. The van der Waals surface area contributed by atoms with Crippen molar-refractivity contribution in [2.75, 3.05) is 19.5 Å². The summed E-state index contributed by atoms with van der Waals surface area (Å²) >= 11 is 0. The molecule has 6 heteroatoms. The first kappa shape index (κ1) is 13.9. The largest absolute Gasteiger partial charge is 0.394 e. The van der Waals surface area contributed by atoms with E-state index in [-0.39, 0.29) is 19.3 Å². The third-order valence-corrected chi connectivity index (χ3v) is 4.90. The molecule has 0 saturated heterocycles. The first-order valence-electron chi connectivity index (χ1n) is 5.51. The minimum absolute atomic E-state index is 0.167. The van der Waals surface area contributed by atoms with Crippen LogP contribution in [-0.4, -0.2) is 54.9 Å². The minimum Gasteiger partial charge on any atom is -0.394 e. The van der Waals surface area contributed by atoms with Gasteiger partial charge in [0.15, 0.2) is 9.84 Å². The Morgan fingerprint density at radius 2 is 1.88 bits per heavy atom. The molecule has 16 heavy (non-hydrogen) atoms. The second-order valence-corrected chi connectivity index (χ2v) is 7.19. The Balaban J connectivity index is 2.74. The Morgan fingerprint density at radius 3 is 2.31 bits per heavy atom. The van der Waals surface area contributed by atoms with Crippen LogP contribution in [0.4, 0.5) is 0 Å². The maximum atomic E-state index is 11.5. The highest BCUT2D eigenvalue weighted by Crippen LogP contribution is 2.26. The van der Waals surface area contributed by atoms with Crippen LogP contribution in [0.5, 0.6) is 0 Å². The van der Waals surface area contributed by atoms with E-state index in [1.54, 1.807) is 6.92 Å². The van der Waals surface area contributed by atoms with Crippen LogP contribution in [0.15, 0.2) is 0 Å². The van der Waals surface area contributed by atoms with Crippen LogP contribution in [0, 0.1) is 0 Å². The van der Waals surface area contributed by atoms with Crippen molar-refractivity contribution < 1.29 is 18.6 Å². The van der Waals surface area contributed by atoms with Crippen LogP contribution < -0.4 is 5.32 Å². The van der Waals surface area contributed by atoms with Crippen molar-refractivity contribution in [1.82, 2.24) is 5.32 Å². The quantitative estimate of drug-likeness (QED) is 0.600. The molecule has 0 aromatic rings. The molecule has 1 fully saturated rings. The van der Waals surface area contributed by atoms with Crippen molar-refractivity contribution in [2.24, 2.45) is 0 Å². The Bertz CT molecular complexity index is 324. The standard InChI is InChI=1S/C10H21NO4S/c1-10(6-12,7-13)11-8-4-3-5-9(8)16(2,14)15/h8-9,11-13H,3-7H2,1-2H3. The SMILES string of the molecule is CC(CO)(CO)NC1CCCC1S(C)(=O)=O. The van der Waals surface area contributed by atoms with Crippen molar-refractivity contribution >= 4 is 9.84 Å². The van der Waals surface area contributed by atoms with Crippen LogP contribution in [0.2, 0.25) is 0 Å². The summed E-state index contributed by atoms with van der Waals surface area (Å²) in [5, 5.41) is 21.0. The molecule has 0 spiro atoms. The molecule has 0 bridgehead atoms. The van der Waals surface area contributed by atoms with E-state index >= 15 is 0 Å². The molecule has 1 aliphatic carbocycles. The lowest BCUT2D eigenvalue weighted by atomic mass is 10.0. The van der Waals surface area contributed by atoms with Gasteiger partial charge < -0.3 is 15.5 Å². The second kappa shape index (κ2) is 5.00. The van der Waals surface area contributed by atoms with Crippen LogP contribution in [0.25, 0.3) is 0 Å². The molecule has 5 nitrogen and oxygen atoms in total. The fourth-order valence-electron chi connectivity index (χ4n) is 2.19. The lowest BCUT2D eigenvalue weighted by molar-refractivity contribution is 0.0947. The number of hydrogen-bond acceptors (Lipinski definition) is 5. The number of aliphatic hydroxyl groups is 2. The molecule has 0 aromatic carbocycles. The normalized spacial score (nSPS) is 27.2. The van der Waals surface area contributed by atoms with E-state index < -0.39 is 20.6 Å². The molecule has 2 unspecified atom stereocenters. The Hall–Kier alpha value is -0.170. The van der Waals surface area contributed by atoms with Gasteiger partial charge in [-0.25, -0.2) is 8.42 Å². The minimum atomic E-state index is -3.07. The van der Waals surface area contributed by atoms with E-state index in [0.29, 0.717) is 6.42 Å². The molecule has 0 aromatic heterocycles. The predicted octanol–water partition coefficient (Wildman–Crippen LogP) is -0.715. The molecule has 0 radical (unpaired) electrons. The Labute approximate surface area is 96.8 Å². The molecular weight excluding hydrogens is 230 g/mol. The van der Waals surface area contributed by atoms with Crippen molar-refractivity contribution in [2.45, 2.75) is 43.0 Å². The lowest BCUT2D eigenvalue weighted by Gasteiger charge is -2.32. The molecule has 3 N–H and O–H groups in total. The van der Waals surface area contributed by atoms with Gasteiger partial charge in [0.1, 0.15) is 0 Å². The van der Waals surface area contributed by atoms with Gasteiger partial charge in [0.25, 0.3) is 0 Å². The van der Waals surface area contributed by atoms with E-state index in [2.05, 4.69) is 5.32 Å². The Morgan fingerprint density at radius 1 is 1.31 bits per heavy atom. The van der Waals surface area contributed by atoms with E-state index in [9.17, 15) is 8.42 Å². The molecule has 0 heterocycles. The van der Waals surface area contributed by atoms with Gasteiger partial charge in [-0.15, -0.1) is 0 Å². The van der Waals surface area contributed by atoms with Crippen LogP contribution in [0.3, 0.4) is 0 Å². The molecule has 1 saturated carbocycles. The molecule has 96 valence electrons. The van der Waals surface area contributed by atoms with E-state index in [1.165, 1.54) is 6.26 Å². The van der Waals surface area contributed by atoms with Crippen molar-refractivity contribution in [3.8, 4) is 0 Å². The summed E-state index contributed by atoms with van der Waals surface area (Å²) in [6, 6.07) is -0.167. The Kier molecular flexibility index (Phi) is 4.34. The molecule has 0 amide bonds. The lowest BCUT2D eigenvalue weighted by Crippen LogP contribution is -2.56. The van der Waals surface area contributed by atoms with Gasteiger partial charge in [-0.1, -0.05) is 6.42 Å². The highest BCUT2D eigenvalue weighted by molar-refractivity contribution is 7.91. The summed E-state index contributed by atoms with van der Waals surface area (Å²) in [5.74, 6) is 0. The van der Waals surface area contributed by atoms with Gasteiger partial charge in [-0.3, -0.25) is 0 Å². The zero-order chi connectivity index (χ0) is 12.4. The topological polar surface area (TPSA) is 86.6 Å². The number of nitrogens with one attached hydrogen (secondary N) is 1. The van der Waals surface area contributed by atoms with Gasteiger partial charge in [0.05, 0.1) is 24.0 Å². The van der Waals surface area contributed by atoms with Gasteiger partial charge in [0.2, 0.25) is 0 Å². The first-order valence-corrected chi connectivity index (χ1v) is 7.46. The summed E-state index contributed by atoms with van der Waals surface area (Å²) in [7, 11) is -3.07. The fourth-order valence-corrected chi connectivity index (χ4v) is 3.59. The molecule has 2 atom stereocenters. The monoisotopic (exact) mass is 251 g/mol. The maximum absolute atomic E-state index is 11.5. The maximum Gasteiger partial charge on any atom is 0.151 e. The summed E-state index contributed by atoms with van der Waals surface area (Å²) in [6.07, 6.45) is 3.53. The van der Waals surface area contributed by atoms with Gasteiger partial charge in [-0.05, 0) is 19.8 Å². The number of sulfone groups is 1. The summed E-state index contributed by atoms with van der Waals surface area (Å²) in [4.78, 5) is 0. The average molecular weight is 251 g/mol. The average Bonchev–Trinajstić information content (AvgIpc) is 2.65. The fraction of sp³-hybridized carbons (Fsp3) is 1.00. The van der Waals surface area contributed by atoms with E-state index in [1.807, 2.05) is 0 Å². The number of aliphatic hydroxyl groups excluding tert-OH is 2. The van der Waals surface area contributed by atoms with Gasteiger partial charge in [0, 0.05) is 12.3 Å². The van der Waals surface area contributed by atoms with E-state index in [4.69, 9.17) is 10.2 Å². The second-order valence-electron chi connectivity index (χ2n) is 4.93. The first-order chi connectivity index (χ1) is 7.32. The van der Waals surface area contributed by atoms with Crippen LogP contribution in [0.1, 0.15) is 26.2 Å². The highest BCUT2D eigenvalue weighted by atomic mass is 32.2. The van der Waals surface area contributed by atoms with Crippen molar-refractivity contribution in [3.05, 3.63) is 0 Å². The van der Waals surface area contributed by atoms with Crippen molar-refractivity contribution in [1.29, 1.82) is 0 Å². The van der Waals surface area contributed by atoms with Crippen LogP contribution in [-0.2, 0) is 9.84 Å². The van der Waals surface area contributed by atoms with Gasteiger partial charge >= 0.3 is 0 Å². The van der Waals surface area contributed by atoms with E-state index in [0.717, 1.165) is 12.8 Å². The molecular formula is C10H21NO4S. The highest BCUT2D eigenvalue weighted by Gasteiger charge is 2.38. The third kappa shape index (κ3) is 3.16. The molecule has 1 rings (SSSR count). The zero-order valence-corrected chi connectivity index (χ0v) is 10.6. The van der Waals surface area contributed by atoms with Gasteiger partial charge in [-0.2, -0.15) is 0 Å². The van der Waals surface area contributed by atoms with Crippen molar-refractivity contribution in [3.63, 3.8) is 0 Å². The van der Waals surface area contributed by atoms with Crippen LogP contribution >= 0.6 is 0 Å². The summed E-state index contributed by atoms with van der Waals surface area (Å²) in [6.45, 7) is 1.26.